The Balaban J connectivity index is 1.08. The van der Waals surface area contributed by atoms with Gasteiger partial charge >= 0.3 is 12.2 Å². The number of pyridine rings is 1. The van der Waals surface area contributed by atoms with Crippen LogP contribution in [0.2, 0.25) is 0 Å². The average Bonchev–Trinajstić information content (AvgIpc) is 3.73. The molecule has 4 atom stereocenters. The van der Waals surface area contributed by atoms with Gasteiger partial charge in [0.15, 0.2) is 5.82 Å². The number of ether oxygens (including phenoxy) is 2. The van der Waals surface area contributed by atoms with Gasteiger partial charge in [-0.3, -0.25) is 4.90 Å². The number of nitrogens with zero attached hydrogens (tertiary/aromatic N) is 7. The molecule has 5 aromatic rings. The molecule has 0 aliphatic carbocycles. The summed E-state index contributed by atoms with van der Waals surface area (Å²) in [6.07, 6.45) is 7.59. The second kappa shape index (κ2) is 14.1. The van der Waals surface area contributed by atoms with Crippen molar-refractivity contribution in [1.29, 1.82) is 0 Å². The minimum atomic E-state index is -4.68. The highest BCUT2D eigenvalue weighted by Crippen LogP contribution is 2.44. The van der Waals surface area contributed by atoms with E-state index < -0.39 is 23.6 Å². The van der Waals surface area contributed by atoms with Gasteiger partial charge in [-0.2, -0.15) is 28.1 Å². The zero-order chi connectivity index (χ0) is 38.8. The van der Waals surface area contributed by atoms with Crippen molar-refractivity contribution in [2.75, 3.05) is 37.7 Å². The smallest absolute Gasteiger partial charge is 0.451 e. The first kappa shape index (κ1) is 36.4. The molecule has 10 nitrogen and oxygen atoms in total. The highest BCUT2D eigenvalue weighted by molar-refractivity contribution is 6.02. The van der Waals surface area contributed by atoms with Crippen LogP contribution in [0.1, 0.15) is 62.5 Å². The van der Waals surface area contributed by atoms with Crippen molar-refractivity contribution in [1.82, 2.24) is 35.1 Å². The Labute approximate surface area is 319 Å². The van der Waals surface area contributed by atoms with Crippen molar-refractivity contribution in [2.24, 2.45) is 0 Å². The predicted molar refractivity (Wildman–Crippen MR) is 199 cm³/mol. The van der Waals surface area contributed by atoms with E-state index in [1.165, 1.54) is 12.1 Å². The van der Waals surface area contributed by atoms with Crippen LogP contribution in [-0.2, 0) is 12.6 Å². The van der Waals surface area contributed by atoms with Crippen LogP contribution in [0.15, 0.2) is 42.6 Å². The third-order valence-corrected chi connectivity index (χ3v) is 12.0. The van der Waals surface area contributed by atoms with Gasteiger partial charge in [0.1, 0.15) is 36.1 Å². The number of aryl methyl sites for hydroxylation is 1. The molecule has 3 saturated heterocycles. The largest absolute Gasteiger partial charge is 0.476 e. The summed E-state index contributed by atoms with van der Waals surface area (Å²) in [5.74, 6) is 0.411. The topological polar surface area (TPSA) is 101 Å². The van der Waals surface area contributed by atoms with Gasteiger partial charge in [-0.1, -0.05) is 37.1 Å². The molecular weight excluding hydrogens is 731 g/mol. The maximum Gasteiger partial charge on any atom is 0.451 e. The molecule has 2 aromatic carbocycles. The SMILES string of the molecule is C#Cc1c(F)ccc2cccc(-c3nc4c5c(nc(OC[C@@]67CCCN6[C@H](COc6ccnc(C(F)(F)F)n6)CC7)nc5c3F)N3C[C@@H](CC)NC[C@H]3CC4)c12. The first-order valence-corrected chi connectivity index (χ1v) is 19.1. The molecule has 0 spiro atoms. The first-order chi connectivity index (χ1) is 27.1. The molecule has 15 heteroatoms. The summed E-state index contributed by atoms with van der Waals surface area (Å²) < 4.78 is 84.2. The third kappa shape index (κ3) is 6.23. The van der Waals surface area contributed by atoms with Crippen LogP contribution < -0.4 is 19.7 Å². The van der Waals surface area contributed by atoms with Crippen molar-refractivity contribution < 1.29 is 31.4 Å². The zero-order valence-electron chi connectivity index (χ0n) is 30.7. The van der Waals surface area contributed by atoms with E-state index in [0.29, 0.717) is 46.2 Å². The van der Waals surface area contributed by atoms with Crippen molar-refractivity contribution >= 4 is 27.5 Å². The Morgan fingerprint density at radius 1 is 1.02 bits per heavy atom. The monoisotopic (exact) mass is 770 g/mol. The average molecular weight is 771 g/mol. The molecule has 1 N–H and O–H groups in total. The normalized spacial score (nSPS) is 23.5. The molecule has 0 bridgehead atoms. The van der Waals surface area contributed by atoms with Crippen molar-refractivity contribution in [3.63, 3.8) is 0 Å². The highest BCUT2D eigenvalue weighted by atomic mass is 19.4. The summed E-state index contributed by atoms with van der Waals surface area (Å²) in [7, 11) is 0. The molecule has 3 aromatic heterocycles. The van der Waals surface area contributed by atoms with E-state index >= 15 is 8.78 Å². The summed E-state index contributed by atoms with van der Waals surface area (Å²) in [5.41, 5.74) is 0.788. The number of rotatable bonds is 8. The molecule has 4 aliphatic heterocycles. The quantitative estimate of drug-likeness (QED) is 0.133. The minimum Gasteiger partial charge on any atom is -0.476 e. The first-order valence-electron chi connectivity index (χ1n) is 19.1. The van der Waals surface area contributed by atoms with Gasteiger partial charge in [0.25, 0.3) is 0 Å². The number of halogens is 5. The van der Waals surface area contributed by atoms with E-state index in [1.54, 1.807) is 24.3 Å². The fourth-order valence-electron chi connectivity index (χ4n) is 9.22. The van der Waals surface area contributed by atoms with Crippen LogP contribution in [0.4, 0.5) is 27.8 Å². The number of hydrogen-bond donors (Lipinski definition) is 1. The lowest BCUT2D eigenvalue weighted by molar-refractivity contribution is -0.145. The van der Waals surface area contributed by atoms with Crippen LogP contribution in [0.3, 0.4) is 0 Å². The lowest BCUT2D eigenvalue weighted by atomic mass is 9.95. The number of benzene rings is 2. The van der Waals surface area contributed by atoms with E-state index in [-0.39, 0.29) is 65.5 Å². The van der Waals surface area contributed by atoms with Crippen LogP contribution in [0.5, 0.6) is 11.9 Å². The van der Waals surface area contributed by atoms with E-state index in [4.69, 9.17) is 30.8 Å². The van der Waals surface area contributed by atoms with Crippen molar-refractivity contribution in [2.45, 2.75) is 81.7 Å². The van der Waals surface area contributed by atoms with E-state index in [1.807, 2.05) is 0 Å². The number of fused-ring (bicyclic) bond motifs is 4. The Hall–Kier alpha value is -5.20. The fraction of sp³-hybridized carbons (Fsp3) is 0.439. The Kier molecular flexibility index (Phi) is 9.16. The van der Waals surface area contributed by atoms with E-state index in [0.717, 1.165) is 57.8 Å². The molecule has 290 valence electrons. The summed E-state index contributed by atoms with van der Waals surface area (Å²) in [4.78, 5) is 26.1. The molecule has 4 aliphatic rings. The van der Waals surface area contributed by atoms with E-state index in [9.17, 15) is 13.2 Å². The number of alkyl halides is 3. The molecule has 56 heavy (non-hydrogen) atoms. The predicted octanol–water partition coefficient (Wildman–Crippen LogP) is 6.87. The maximum atomic E-state index is 17.3. The summed E-state index contributed by atoms with van der Waals surface area (Å²) >= 11 is 0. The van der Waals surface area contributed by atoms with Crippen LogP contribution in [-0.4, -0.2) is 86.3 Å². The lowest BCUT2D eigenvalue weighted by Gasteiger charge is -2.40. The third-order valence-electron chi connectivity index (χ3n) is 12.0. The molecule has 0 unspecified atom stereocenters. The summed E-state index contributed by atoms with van der Waals surface area (Å²) in [5, 5.41) is 5.24. The lowest BCUT2D eigenvalue weighted by Crippen LogP contribution is -2.56. The van der Waals surface area contributed by atoms with Gasteiger partial charge in [-0.05, 0) is 62.9 Å². The van der Waals surface area contributed by atoms with Crippen LogP contribution in [0, 0.1) is 24.0 Å². The summed E-state index contributed by atoms with van der Waals surface area (Å²) in [6, 6.07) is 9.78. The molecule has 7 heterocycles. The number of aromatic nitrogens is 5. The summed E-state index contributed by atoms with van der Waals surface area (Å²) in [6.45, 7) is 4.66. The zero-order valence-corrected chi connectivity index (χ0v) is 30.7. The Morgan fingerprint density at radius 3 is 2.71 bits per heavy atom. The maximum absolute atomic E-state index is 17.3. The molecule has 0 radical (unpaired) electrons. The van der Waals surface area contributed by atoms with Crippen molar-refractivity contribution in [3.05, 3.63) is 71.3 Å². The van der Waals surface area contributed by atoms with Gasteiger partial charge < -0.3 is 19.7 Å². The van der Waals surface area contributed by atoms with Gasteiger partial charge in [-0.25, -0.2) is 18.7 Å². The molecule has 9 rings (SSSR count). The van der Waals surface area contributed by atoms with Crippen LogP contribution in [0.25, 0.3) is 32.9 Å². The number of piperazine rings is 1. The van der Waals surface area contributed by atoms with Crippen molar-refractivity contribution in [3.8, 4) is 35.5 Å². The minimum absolute atomic E-state index is 0.0328. The Bertz CT molecular complexity index is 2390. The fourth-order valence-corrected chi connectivity index (χ4v) is 9.22. The van der Waals surface area contributed by atoms with E-state index in [2.05, 4.69) is 37.9 Å². The number of nitrogens with one attached hydrogen (secondary N) is 1. The van der Waals surface area contributed by atoms with Gasteiger partial charge in [-0.15, -0.1) is 6.42 Å². The second-order valence-corrected chi connectivity index (χ2v) is 15.1. The molecule has 3 fully saturated rings. The standard InChI is InChI=1S/C41H39F5N8O2/c1-3-24-20-53-25(19-48-24)10-12-30-33-36(34(43)35(49-30)28-8-5-7-23-9-11-29(42)27(4-2)32(23)28)51-39(52-37(33)53)56-22-40-15-6-18-54(40)26(13-16-40)21-55-31-14-17-47-38(50-31)41(44,45)46/h2,5,7-9,11,14,17,24-26,48H,3,6,10,12-13,15-16,18-22H2,1H3/t24-,25-,26+,40+/m1/s1. The van der Waals surface area contributed by atoms with Crippen LogP contribution >= 0.6 is 0 Å². The number of terminal acetylenes is 1. The van der Waals surface area contributed by atoms with Gasteiger partial charge in [0.2, 0.25) is 11.7 Å². The van der Waals surface area contributed by atoms with Gasteiger partial charge in [0, 0.05) is 54.4 Å². The Morgan fingerprint density at radius 2 is 1.89 bits per heavy atom. The molecular formula is C41H39F5N8O2. The van der Waals surface area contributed by atoms with Gasteiger partial charge in [0.05, 0.1) is 22.2 Å². The second-order valence-electron chi connectivity index (χ2n) is 15.1. The molecule has 0 saturated carbocycles. The highest BCUT2D eigenvalue weighted by Gasteiger charge is 2.50. The molecule has 0 amide bonds. The number of hydrogen-bond acceptors (Lipinski definition) is 10. The number of anilines is 1.